The van der Waals surface area contributed by atoms with Crippen molar-refractivity contribution in [3.05, 3.63) is 71.5 Å². The second-order valence-corrected chi connectivity index (χ2v) is 7.80. The van der Waals surface area contributed by atoms with Crippen LogP contribution in [0.1, 0.15) is 29.7 Å². The number of furan rings is 1. The Kier molecular flexibility index (Phi) is 4.27. The standard InChI is InChI=1S/C23H26N2O/c1-2-7-18-13-21(12-17(18)6-1)25-11-5-9-20(16-25)24-15-22-14-19-8-3-4-10-23(19)26-22/h1-4,6-8,10,14,20-21,24H,5,9,11-13,15-16H2/t20-/m1/s1. The van der Waals surface area contributed by atoms with Crippen molar-refractivity contribution >= 4 is 11.0 Å². The van der Waals surface area contributed by atoms with Gasteiger partial charge in [0.1, 0.15) is 11.3 Å². The van der Waals surface area contributed by atoms with Gasteiger partial charge in [0.2, 0.25) is 0 Å². The number of para-hydroxylation sites is 1. The predicted molar refractivity (Wildman–Crippen MR) is 105 cm³/mol. The Morgan fingerprint density at radius 3 is 2.58 bits per heavy atom. The van der Waals surface area contributed by atoms with Gasteiger partial charge in [-0.2, -0.15) is 0 Å². The first-order valence-electron chi connectivity index (χ1n) is 9.87. The van der Waals surface area contributed by atoms with E-state index in [4.69, 9.17) is 4.42 Å². The summed E-state index contributed by atoms with van der Waals surface area (Å²) in [4.78, 5) is 2.71. The summed E-state index contributed by atoms with van der Waals surface area (Å²) >= 11 is 0. The average Bonchev–Trinajstić information content (AvgIpc) is 3.30. The van der Waals surface area contributed by atoms with Gasteiger partial charge in [-0.05, 0) is 55.5 Å². The Bertz CT molecular complexity index is 842. The van der Waals surface area contributed by atoms with Gasteiger partial charge < -0.3 is 9.73 Å². The van der Waals surface area contributed by atoms with Crippen LogP contribution in [0.25, 0.3) is 11.0 Å². The molecule has 0 amide bonds. The van der Waals surface area contributed by atoms with E-state index in [2.05, 4.69) is 52.7 Å². The Hall–Kier alpha value is -2.10. The van der Waals surface area contributed by atoms with Gasteiger partial charge in [0.25, 0.3) is 0 Å². The number of nitrogens with zero attached hydrogens (tertiary/aromatic N) is 1. The predicted octanol–water partition coefficient (Wildman–Crippen LogP) is 4.15. The van der Waals surface area contributed by atoms with Gasteiger partial charge in [-0.15, -0.1) is 0 Å². The summed E-state index contributed by atoms with van der Waals surface area (Å²) in [5.41, 5.74) is 4.09. The van der Waals surface area contributed by atoms with Crippen LogP contribution in [0.2, 0.25) is 0 Å². The highest BCUT2D eigenvalue weighted by Crippen LogP contribution is 2.27. The molecule has 3 aromatic rings. The largest absolute Gasteiger partial charge is 0.460 e. The summed E-state index contributed by atoms with van der Waals surface area (Å²) in [6.07, 6.45) is 4.97. The van der Waals surface area contributed by atoms with E-state index in [1.165, 1.54) is 37.6 Å². The first-order valence-corrected chi connectivity index (χ1v) is 9.87. The fourth-order valence-corrected chi connectivity index (χ4v) is 4.67. The van der Waals surface area contributed by atoms with Gasteiger partial charge in [-0.1, -0.05) is 42.5 Å². The van der Waals surface area contributed by atoms with Gasteiger partial charge in [0.05, 0.1) is 6.54 Å². The highest BCUT2D eigenvalue weighted by Gasteiger charge is 2.30. The summed E-state index contributed by atoms with van der Waals surface area (Å²) in [6.45, 7) is 3.21. The van der Waals surface area contributed by atoms with E-state index < -0.39 is 0 Å². The maximum atomic E-state index is 5.95. The molecule has 0 unspecified atom stereocenters. The molecule has 1 aliphatic heterocycles. The first kappa shape index (κ1) is 16.1. The molecule has 0 radical (unpaired) electrons. The van der Waals surface area contributed by atoms with Crippen LogP contribution in [0, 0.1) is 0 Å². The van der Waals surface area contributed by atoms with Crippen molar-refractivity contribution < 1.29 is 4.42 Å². The molecule has 26 heavy (non-hydrogen) atoms. The van der Waals surface area contributed by atoms with Crippen LogP contribution in [-0.2, 0) is 19.4 Å². The van der Waals surface area contributed by atoms with Gasteiger partial charge in [-0.25, -0.2) is 0 Å². The lowest BCUT2D eigenvalue weighted by Gasteiger charge is -2.37. The van der Waals surface area contributed by atoms with Crippen LogP contribution >= 0.6 is 0 Å². The average molecular weight is 346 g/mol. The number of likely N-dealkylation sites (tertiary alicyclic amines) is 1. The molecule has 2 aliphatic rings. The molecule has 1 aromatic heterocycles. The zero-order valence-electron chi connectivity index (χ0n) is 15.2. The fourth-order valence-electron chi connectivity index (χ4n) is 4.67. The van der Waals surface area contributed by atoms with Crippen molar-refractivity contribution in [3.63, 3.8) is 0 Å². The summed E-state index contributed by atoms with van der Waals surface area (Å²) in [7, 11) is 0. The van der Waals surface area contributed by atoms with Crippen LogP contribution in [0.5, 0.6) is 0 Å². The zero-order chi connectivity index (χ0) is 17.3. The minimum Gasteiger partial charge on any atom is -0.460 e. The number of hydrogen-bond donors (Lipinski definition) is 1. The smallest absolute Gasteiger partial charge is 0.134 e. The minimum absolute atomic E-state index is 0.556. The third-order valence-electron chi connectivity index (χ3n) is 6.04. The van der Waals surface area contributed by atoms with Gasteiger partial charge >= 0.3 is 0 Å². The highest BCUT2D eigenvalue weighted by molar-refractivity contribution is 5.77. The lowest BCUT2D eigenvalue weighted by molar-refractivity contribution is 0.139. The van der Waals surface area contributed by atoms with E-state index in [-0.39, 0.29) is 0 Å². The van der Waals surface area contributed by atoms with Crippen LogP contribution < -0.4 is 5.32 Å². The second-order valence-electron chi connectivity index (χ2n) is 7.80. The lowest BCUT2D eigenvalue weighted by atomic mass is 10.0. The molecule has 1 atom stereocenters. The highest BCUT2D eigenvalue weighted by atomic mass is 16.3. The molecule has 1 aliphatic carbocycles. The number of rotatable bonds is 4. The molecule has 0 saturated carbocycles. The molecule has 2 aromatic carbocycles. The molecule has 2 heterocycles. The minimum atomic E-state index is 0.556. The molecule has 3 heteroatoms. The maximum absolute atomic E-state index is 5.95. The van der Waals surface area contributed by atoms with Crippen molar-refractivity contribution in [3.8, 4) is 0 Å². The van der Waals surface area contributed by atoms with E-state index in [0.29, 0.717) is 12.1 Å². The molecule has 5 rings (SSSR count). The second kappa shape index (κ2) is 6.90. The Balaban J connectivity index is 1.20. The van der Waals surface area contributed by atoms with E-state index in [1.54, 1.807) is 11.1 Å². The number of benzene rings is 2. The van der Waals surface area contributed by atoms with Crippen molar-refractivity contribution in [2.45, 2.75) is 44.3 Å². The number of nitrogens with one attached hydrogen (secondary N) is 1. The summed E-state index contributed by atoms with van der Waals surface area (Å²) in [6, 6.07) is 20.6. The lowest BCUT2D eigenvalue weighted by Crippen LogP contribution is -2.49. The monoisotopic (exact) mass is 346 g/mol. The Morgan fingerprint density at radius 1 is 1.00 bits per heavy atom. The molecular weight excluding hydrogens is 320 g/mol. The molecule has 1 N–H and O–H groups in total. The molecular formula is C23H26N2O. The summed E-state index contributed by atoms with van der Waals surface area (Å²) < 4.78 is 5.95. The van der Waals surface area contributed by atoms with E-state index in [0.717, 1.165) is 24.4 Å². The SMILES string of the molecule is c1ccc2c(c1)CC(N1CCC[C@@H](NCc3cc4ccccc4o3)C1)C2. The van der Waals surface area contributed by atoms with Crippen molar-refractivity contribution in [2.75, 3.05) is 13.1 Å². The van der Waals surface area contributed by atoms with Crippen molar-refractivity contribution in [1.29, 1.82) is 0 Å². The van der Waals surface area contributed by atoms with Crippen LogP contribution in [0.4, 0.5) is 0 Å². The fraction of sp³-hybridized carbons (Fsp3) is 0.391. The quantitative estimate of drug-likeness (QED) is 0.769. The molecule has 3 nitrogen and oxygen atoms in total. The van der Waals surface area contributed by atoms with Gasteiger partial charge in [-0.3, -0.25) is 4.90 Å². The van der Waals surface area contributed by atoms with Gasteiger partial charge in [0, 0.05) is 24.0 Å². The molecule has 0 spiro atoms. The molecule has 134 valence electrons. The molecule has 1 saturated heterocycles. The zero-order valence-corrected chi connectivity index (χ0v) is 15.2. The van der Waals surface area contributed by atoms with Gasteiger partial charge in [0.15, 0.2) is 0 Å². The summed E-state index contributed by atoms with van der Waals surface area (Å²) in [5, 5.41) is 4.93. The van der Waals surface area contributed by atoms with Crippen LogP contribution in [0.15, 0.2) is 59.0 Å². The molecule has 0 bridgehead atoms. The van der Waals surface area contributed by atoms with Crippen molar-refractivity contribution in [1.82, 2.24) is 10.2 Å². The first-order chi connectivity index (χ1) is 12.8. The number of hydrogen-bond acceptors (Lipinski definition) is 3. The third kappa shape index (κ3) is 3.17. The summed E-state index contributed by atoms with van der Waals surface area (Å²) in [5.74, 6) is 1.04. The number of piperidine rings is 1. The van der Waals surface area contributed by atoms with E-state index >= 15 is 0 Å². The normalized spacial score (nSPS) is 21.3. The van der Waals surface area contributed by atoms with E-state index in [9.17, 15) is 0 Å². The number of fused-ring (bicyclic) bond motifs is 2. The Morgan fingerprint density at radius 2 is 1.77 bits per heavy atom. The Labute approximate surface area is 155 Å². The van der Waals surface area contributed by atoms with Crippen molar-refractivity contribution in [2.24, 2.45) is 0 Å². The topological polar surface area (TPSA) is 28.4 Å². The van der Waals surface area contributed by atoms with Crippen LogP contribution in [-0.4, -0.2) is 30.1 Å². The van der Waals surface area contributed by atoms with E-state index in [1.807, 2.05) is 12.1 Å². The van der Waals surface area contributed by atoms with Crippen LogP contribution in [0.3, 0.4) is 0 Å². The third-order valence-corrected chi connectivity index (χ3v) is 6.04. The molecule has 1 fully saturated rings. The maximum Gasteiger partial charge on any atom is 0.134 e.